The molecule has 4 aromatic carbocycles. The topological polar surface area (TPSA) is 95.7 Å². The number of carbonyl (C=O) groups is 3. The summed E-state index contributed by atoms with van der Waals surface area (Å²) in [5.41, 5.74) is 9.45. The molecule has 3 amide bonds. The van der Waals surface area contributed by atoms with Gasteiger partial charge in [0, 0.05) is 17.5 Å². The molecule has 1 aliphatic carbocycles. The van der Waals surface area contributed by atoms with Crippen molar-refractivity contribution in [2.24, 2.45) is 23.5 Å². The minimum atomic E-state index is -4.44. The number of hydrogen-bond acceptors (Lipinski definition) is 4. The molecule has 50 heavy (non-hydrogen) atoms. The highest BCUT2D eigenvalue weighted by Gasteiger charge is 2.41. The highest BCUT2D eigenvalue weighted by atomic mass is 19.4. The minimum Gasteiger partial charge on any atom is -0.369 e. The van der Waals surface area contributed by atoms with Gasteiger partial charge in [-0.15, -0.1) is 0 Å². The lowest BCUT2D eigenvalue weighted by atomic mass is 9.83. The van der Waals surface area contributed by atoms with Gasteiger partial charge in [0.15, 0.2) is 0 Å². The first-order valence-corrected chi connectivity index (χ1v) is 17.1. The Kier molecular flexibility index (Phi) is 10.3. The molecule has 1 aliphatic heterocycles. The maximum atomic E-state index is 14.7. The molecule has 1 heterocycles. The molecule has 6 rings (SSSR count). The van der Waals surface area contributed by atoms with Crippen LogP contribution >= 0.6 is 0 Å². The molecule has 7 nitrogen and oxygen atoms in total. The van der Waals surface area contributed by atoms with Crippen LogP contribution in [0.15, 0.2) is 103 Å². The number of halogens is 3. The fraction of sp³-hybridized carbons (Fsp3) is 0.325. The number of alkyl halides is 3. The summed E-state index contributed by atoms with van der Waals surface area (Å²) in [6, 6.07) is 28.6. The monoisotopic (exact) mass is 682 g/mol. The van der Waals surface area contributed by atoms with E-state index in [1.54, 1.807) is 4.90 Å². The third-order valence-electron chi connectivity index (χ3n) is 9.66. The Bertz CT molecular complexity index is 1830. The predicted molar refractivity (Wildman–Crippen MR) is 188 cm³/mol. The average Bonchev–Trinajstić information content (AvgIpc) is 3.95. The Morgan fingerprint density at radius 2 is 1.54 bits per heavy atom. The second kappa shape index (κ2) is 14.8. The van der Waals surface area contributed by atoms with Gasteiger partial charge >= 0.3 is 6.18 Å². The molecule has 2 aliphatic rings. The average molecular weight is 683 g/mol. The van der Waals surface area contributed by atoms with Crippen molar-refractivity contribution < 1.29 is 27.6 Å². The summed E-state index contributed by atoms with van der Waals surface area (Å²) in [7, 11) is 0. The maximum absolute atomic E-state index is 14.7. The Labute approximate surface area is 290 Å². The van der Waals surface area contributed by atoms with Crippen LogP contribution in [0, 0.1) is 17.8 Å². The molecule has 1 fully saturated rings. The molecule has 0 radical (unpaired) electrons. The van der Waals surface area contributed by atoms with Gasteiger partial charge in [0.2, 0.25) is 11.8 Å². The fourth-order valence-corrected chi connectivity index (χ4v) is 6.89. The van der Waals surface area contributed by atoms with Gasteiger partial charge < -0.3 is 20.9 Å². The van der Waals surface area contributed by atoms with E-state index in [4.69, 9.17) is 5.73 Å². The van der Waals surface area contributed by atoms with E-state index < -0.39 is 35.5 Å². The fourth-order valence-electron chi connectivity index (χ4n) is 6.89. The van der Waals surface area contributed by atoms with Crippen LogP contribution < -0.4 is 20.9 Å². The van der Waals surface area contributed by atoms with E-state index in [2.05, 4.69) is 5.32 Å². The number of rotatable bonds is 12. The normalized spacial score (nSPS) is 17.4. The zero-order valence-corrected chi connectivity index (χ0v) is 27.9. The molecule has 0 bridgehead atoms. The van der Waals surface area contributed by atoms with E-state index in [0.717, 1.165) is 41.9 Å². The van der Waals surface area contributed by atoms with Crippen molar-refractivity contribution in [1.82, 2.24) is 5.32 Å². The smallest absolute Gasteiger partial charge is 0.369 e. The highest BCUT2D eigenvalue weighted by Crippen LogP contribution is 2.40. The van der Waals surface area contributed by atoms with Gasteiger partial charge in [0.1, 0.15) is 6.04 Å². The number of amides is 3. The number of primary amides is 1. The van der Waals surface area contributed by atoms with Gasteiger partial charge in [-0.05, 0) is 77.9 Å². The van der Waals surface area contributed by atoms with Crippen LogP contribution in [-0.2, 0) is 27.1 Å². The quantitative estimate of drug-likeness (QED) is 0.159. The molecule has 1 saturated carbocycles. The minimum absolute atomic E-state index is 0.143. The van der Waals surface area contributed by atoms with Crippen molar-refractivity contribution in [2.45, 2.75) is 57.8 Å². The lowest BCUT2D eigenvalue weighted by Crippen LogP contribution is -2.54. The number of benzene rings is 4. The van der Waals surface area contributed by atoms with Gasteiger partial charge in [0.25, 0.3) is 5.91 Å². The van der Waals surface area contributed by atoms with Crippen LogP contribution in [0.3, 0.4) is 0 Å². The second-order valence-electron chi connectivity index (χ2n) is 13.3. The Hall–Kier alpha value is -5.12. The Morgan fingerprint density at radius 1 is 0.860 bits per heavy atom. The summed E-state index contributed by atoms with van der Waals surface area (Å²) < 4.78 is 39.6. The molecule has 0 spiro atoms. The number of nitrogens with one attached hydrogen (secondary N) is 1. The van der Waals surface area contributed by atoms with E-state index in [9.17, 15) is 27.6 Å². The molecular weight excluding hydrogens is 641 g/mol. The van der Waals surface area contributed by atoms with E-state index in [0.29, 0.717) is 42.0 Å². The Morgan fingerprint density at radius 3 is 2.18 bits per heavy atom. The summed E-state index contributed by atoms with van der Waals surface area (Å²) in [6.45, 7) is 2.25. The van der Waals surface area contributed by atoms with Crippen LogP contribution in [-0.4, -0.2) is 30.3 Å². The number of nitrogens with two attached hydrogens (primary N) is 1. The van der Waals surface area contributed by atoms with Crippen molar-refractivity contribution in [3.8, 4) is 11.1 Å². The van der Waals surface area contributed by atoms with Crippen molar-refractivity contribution in [3.63, 3.8) is 0 Å². The first-order valence-electron chi connectivity index (χ1n) is 17.1. The third kappa shape index (κ3) is 7.85. The van der Waals surface area contributed by atoms with Gasteiger partial charge in [-0.1, -0.05) is 86.8 Å². The molecule has 260 valence electrons. The van der Waals surface area contributed by atoms with Crippen LogP contribution in [0.1, 0.15) is 50.2 Å². The van der Waals surface area contributed by atoms with Crippen molar-refractivity contribution in [2.75, 3.05) is 16.3 Å². The second-order valence-corrected chi connectivity index (χ2v) is 13.3. The lowest BCUT2D eigenvalue weighted by molar-refractivity contribution is -0.137. The molecule has 0 aromatic heterocycles. The number of fused-ring (bicyclic) bond motifs is 1. The van der Waals surface area contributed by atoms with E-state index >= 15 is 0 Å². The van der Waals surface area contributed by atoms with E-state index in [-0.39, 0.29) is 24.9 Å². The van der Waals surface area contributed by atoms with Crippen LogP contribution in [0.5, 0.6) is 0 Å². The predicted octanol–water partition coefficient (Wildman–Crippen LogP) is 7.86. The number of anilines is 3. The lowest BCUT2D eigenvalue weighted by Gasteiger charge is -2.29. The largest absolute Gasteiger partial charge is 0.416 e. The zero-order valence-electron chi connectivity index (χ0n) is 27.9. The molecular formula is C40H41F3N4O3. The molecule has 1 unspecified atom stereocenters. The van der Waals surface area contributed by atoms with Crippen LogP contribution in [0.2, 0.25) is 0 Å². The van der Waals surface area contributed by atoms with Gasteiger partial charge in [0.05, 0.1) is 30.0 Å². The summed E-state index contributed by atoms with van der Waals surface area (Å²) in [5.74, 6) is -2.10. The number of para-hydroxylation sites is 3. The highest BCUT2D eigenvalue weighted by molar-refractivity contribution is 6.04. The van der Waals surface area contributed by atoms with Crippen LogP contribution in [0.4, 0.5) is 30.2 Å². The number of carbonyl (C=O) groups excluding carboxylic acids is 3. The van der Waals surface area contributed by atoms with Crippen molar-refractivity contribution in [1.29, 1.82) is 0 Å². The summed E-state index contributed by atoms with van der Waals surface area (Å²) >= 11 is 0. The summed E-state index contributed by atoms with van der Waals surface area (Å²) in [6.07, 6.45) is -0.707. The van der Waals surface area contributed by atoms with Crippen molar-refractivity contribution >= 4 is 34.8 Å². The Balaban J connectivity index is 1.36. The maximum Gasteiger partial charge on any atom is 0.416 e. The van der Waals surface area contributed by atoms with Crippen molar-refractivity contribution in [3.05, 3.63) is 114 Å². The molecule has 4 aromatic rings. The first kappa shape index (κ1) is 34.7. The standard InChI is InChI=1S/C40H41F3N4O3/c1-2-9-32(37(44)48)33(23-26-16-17-26)38(49)45-34-25-46(31-12-4-3-5-13-31)35-14-6-7-15-36(35)47(39(34)50)24-27-10-8-11-29(22-27)28-18-20-30(21-19-28)40(41,42)43/h3-8,10-15,18-22,26,32-34H,2,9,16-17,23-25H2,1H3,(H2,44,48)(H,45,49)/t32-,33+,34?/m0/s1. The number of hydrogen-bond donors (Lipinski definition) is 2. The summed E-state index contributed by atoms with van der Waals surface area (Å²) in [5, 5.41) is 3.07. The SMILES string of the molecule is CCC[C@H](C(N)=O)[C@@H](CC1CC1)C(=O)NC1CN(c2ccccc2)c2ccccc2N(Cc2cccc(-c3ccc(C(F)(F)F)cc3)c2)C1=O. The molecule has 3 N–H and O–H groups in total. The van der Waals surface area contributed by atoms with Crippen LogP contribution in [0.25, 0.3) is 11.1 Å². The van der Waals surface area contributed by atoms with E-state index in [1.165, 1.54) is 12.1 Å². The molecule has 0 saturated heterocycles. The third-order valence-corrected chi connectivity index (χ3v) is 9.66. The number of nitrogens with zero attached hydrogens (tertiary/aromatic N) is 2. The summed E-state index contributed by atoms with van der Waals surface area (Å²) in [4.78, 5) is 45.1. The first-order chi connectivity index (χ1) is 24.0. The zero-order chi connectivity index (χ0) is 35.4. The van der Waals surface area contributed by atoms with Gasteiger partial charge in [-0.25, -0.2) is 0 Å². The molecule has 3 atom stereocenters. The van der Waals surface area contributed by atoms with Gasteiger partial charge in [-0.2, -0.15) is 13.2 Å². The molecule has 10 heteroatoms. The van der Waals surface area contributed by atoms with E-state index in [1.807, 2.05) is 90.7 Å². The van der Waals surface area contributed by atoms with Gasteiger partial charge in [-0.3, -0.25) is 14.4 Å².